The molecule has 2 aliphatic heterocycles. The molecule has 2 atom stereocenters. The van der Waals surface area contributed by atoms with Gasteiger partial charge in [0.2, 0.25) is 0 Å². The Morgan fingerprint density at radius 2 is 1.27 bits per heavy atom. The number of ketones is 2. The van der Waals surface area contributed by atoms with E-state index in [1.165, 1.54) is 0 Å². The highest BCUT2D eigenvalue weighted by molar-refractivity contribution is 9.11. The van der Waals surface area contributed by atoms with E-state index in [1.54, 1.807) is 0 Å². The monoisotopic (exact) mass is 720 g/mol. The third kappa shape index (κ3) is 4.97. The van der Waals surface area contributed by atoms with Crippen LogP contribution in [0, 0.1) is 5.92 Å². The standard InChI is InChI=1S/C33H27Br3N2O2/c34-25-11-5-22(6-12-25)31(39)17-19-37-20-18-33(24-9-15-27(36)16-10-24)28(32(40)23-7-13-26(35)14-8-23)21-38(33)30-4-2-1-3-29(30)37/h1-16,28H,17-21H2. The second-order valence-electron chi connectivity index (χ2n) is 10.4. The van der Waals surface area contributed by atoms with Crippen LogP contribution in [-0.2, 0) is 5.54 Å². The summed E-state index contributed by atoms with van der Waals surface area (Å²) >= 11 is 10.5. The molecule has 4 nitrogen and oxygen atoms in total. The highest BCUT2D eigenvalue weighted by Gasteiger charge is 2.59. The lowest BCUT2D eigenvalue weighted by atomic mass is 9.64. The second-order valence-corrected chi connectivity index (χ2v) is 13.1. The number of halogens is 3. The van der Waals surface area contributed by atoms with Crippen LogP contribution < -0.4 is 9.80 Å². The second kappa shape index (κ2) is 11.3. The van der Waals surface area contributed by atoms with Crippen LogP contribution in [-0.4, -0.2) is 31.2 Å². The minimum absolute atomic E-state index is 0.128. The highest BCUT2D eigenvalue weighted by atomic mass is 79.9. The normalized spacial score (nSPS) is 19.7. The number of hydrogen-bond acceptors (Lipinski definition) is 4. The fourth-order valence-corrected chi connectivity index (χ4v) is 6.98. The Morgan fingerprint density at radius 3 is 1.90 bits per heavy atom. The molecule has 1 fully saturated rings. The van der Waals surface area contributed by atoms with Crippen LogP contribution >= 0.6 is 47.8 Å². The van der Waals surface area contributed by atoms with Gasteiger partial charge in [-0.3, -0.25) is 9.59 Å². The van der Waals surface area contributed by atoms with Crippen LogP contribution in [0.5, 0.6) is 0 Å². The van der Waals surface area contributed by atoms with Crippen molar-refractivity contribution in [1.29, 1.82) is 0 Å². The zero-order chi connectivity index (χ0) is 27.9. The highest BCUT2D eigenvalue weighted by Crippen LogP contribution is 2.55. The summed E-state index contributed by atoms with van der Waals surface area (Å²) in [5.74, 6) is 0.110. The van der Waals surface area contributed by atoms with E-state index in [-0.39, 0.29) is 17.5 Å². The molecule has 0 amide bonds. The average molecular weight is 723 g/mol. The summed E-state index contributed by atoms with van der Waals surface area (Å²) in [6.45, 7) is 2.00. The van der Waals surface area contributed by atoms with Gasteiger partial charge in [0.25, 0.3) is 0 Å². The van der Waals surface area contributed by atoms with Crippen molar-refractivity contribution in [1.82, 2.24) is 0 Å². The average Bonchev–Trinajstić information content (AvgIpc) is 3.05. The van der Waals surface area contributed by atoms with Crippen LogP contribution in [0.3, 0.4) is 0 Å². The van der Waals surface area contributed by atoms with E-state index >= 15 is 0 Å². The van der Waals surface area contributed by atoms with Gasteiger partial charge in [-0.25, -0.2) is 0 Å². The number of rotatable bonds is 7. The molecule has 0 radical (unpaired) electrons. The predicted molar refractivity (Wildman–Crippen MR) is 171 cm³/mol. The summed E-state index contributed by atoms with van der Waals surface area (Å²) in [5, 5.41) is 0. The number of Topliss-reactive ketones (excluding diaryl/α,β-unsaturated/α-hetero) is 2. The van der Waals surface area contributed by atoms with Gasteiger partial charge in [-0.2, -0.15) is 0 Å². The lowest BCUT2D eigenvalue weighted by Gasteiger charge is -2.59. The number of carbonyl (C=O) groups excluding carboxylic acids is 2. The molecule has 2 unspecified atom stereocenters. The summed E-state index contributed by atoms with van der Waals surface area (Å²) in [6, 6.07) is 32.1. The molecule has 0 N–H and O–H groups in total. The van der Waals surface area contributed by atoms with Crippen molar-refractivity contribution < 1.29 is 9.59 Å². The molecule has 0 spiro atoms. The zero-order valence-electron chi connectivity index (χ0n) is 21.7. The Balaban J connectivity index is 1.35. The van der Waals surface area contributed by atoms with E-state index in [2.05, 4.69) is 106 Å². The molecular formula is C33H27Br3N2O2. The Labute approximate surface area is 259 Å². The van der Waals surface area contributed by atoms with E-state index in [4.69, 9.17) is 0 Å². The summed E-state index contributed by atoms with van der Waals surface area (Å²) in [5.41, 5.74) is 4.34. The molecule has 0 bridgehead atoms. The lowest BCUT2D eigenvalue weighted by Crippen LogP contribution is -2.67. The molecule has 2 aliphatic rings. The quantitative estimate of drug-likeness (QED) is 0.179. The first-order valence-electron chi connectivity index (χ1n) is 13.3. The Bertz CT molecular complexity index is 1550. The first-order valence-corrected chi connectivity index (χ1v) is 15.7. The van der Waals surface area contributed by atoms with Gasteiger partial charge < -0.3 is 9.80 Å². The lowest BCUT2D eigenvalue weighted by molar-refractivity contribution is 0.0706. The van der Waals surface area contributed by atoms with Crippen molar-refractivity contribution in [3.63, 3.8) is 0 Å². The molecule has 0 aromatic heterocycles. The molecule has 0 aliphatic carbocycles. The van der Waals surface area contributed by atoms with E-state index in [0.717, 1.165) is 54.4 Å². The van der Waals surface area contributed by atoms with Gasteiger partial charge >= 0.3 is 0 Å². The number of carbonyl (C=O) groups is 2. The third-order valence-electron chi connectivity index (χ3n) is 8.26. The maximum atomic E-state index is 14.0. The number of para-hydroxylation sites is 2. The van der Waals surface area contributed by atoms with Crippen LogP contribution in [0.4, 0.5) is 11.4 Å². The molecule has 7 heteroatoms. The molecule has 1 saturated heterocycles. The maximum absolute atomic E-state index is 14.0. The summed E-state index contributed by atoms with van der Waals surface area (Å²) in [4.78, 5) is 31.8. The number of anilines is 2. The van der Waals surface area contributed by atoms with Gasteiger partial charge in [0, 0.05) is 50.6 Å². The molecule has 2 heterocycles. The van der Waals surface area contributed by atoms with Gasteiger partial charge in [-0.15, -0.1) is 0 Å². The van der Waals surface area contributed by atoms with Gasteiger partial charge in [0.05, 0.1) is 22.8 Å². The van der Waals surface area contributed by atoms with E-state index in [1.807, 2.05) is 48.5 Å². The smallest absolute Gasteiger partial charge is 0.170 e. The van der Waals surface area contributed by atoms with Gasteiger partial charge in [-0.1, -0.05) is 96.3 Å². The molecule has 0 saturated carbocycles. The van der Waals surface area contributed by atoms with Gasteiger partial charge in [-0.05, 0) is 60.5 Å². The fourth-order valence-electron chi connectivity index (χ4n) is 6.18. The summed E-state index contributed by atoms with van der Waals surface area (Å²) < 4.78 is 2.93. The topological polar surface area (TPSA) is 40.6 Å². The van der Waals surface area contributed by atoms with Crippen LogP contribution in [0.1, 0.15) is 39.1 Å². The Kier molecular flexibility index (Phi) is 7.73. The molecule has 4 aromatic carbocycles. The first kappa shape index (κ1) is 27.4. The molecule has 40 heavy (non-hydrogen) atoms. The largest absolute Gasteiger partial charge is 0.369 e. The van der Waals surface area contributed by atoms with Gasteiger partial charge in [0.15, 0.2) is 11.6 Å². The number of benzene rings is 4. The number of fused-ring (bicyclic) bond motifs is 3. The van der Waals surface area contributed by atoms with E-state index in [0.29, 0.717) is 19.5 Å². The van der Waals surface area contributed by atoms with Crippen molar-refractivity contribution >= 4 is 70.7 Å². The zero-order valence-corrected chi connectivity index (χ0v) is 26.5. The molecule has 202 valence electrons. The first-order chi connectivity index (χ1) is 19.4. The molecule has 6 rings (SSSR count). The summed E-state index contributed by atoms with van der Waals surface area (Å²) in [6.07, 6.45) is 1.19. The van der Waals surface area contributed by atoms with Crippen LogP contribution in [0.15, 0.2) is 110 Å². The van der Waals surface area contributed by atoms with Crippen molar-refractivity contribution in [2.45, 2.75) is 18.4 Å². The minimum atomic E-state index is -0.481. The fraction of sp³-hybridized carbons (Fsp3) is 0.212. The number of nitrogens with zero attached hydrogens (tertiary/aromatic N) is 2. The van der Waals surface area contributed by atoms with Crippen molar-refractivity contribution in [2.75, 3.05) is 29.4 Å². The predicted octanol–water partition coefficient (Wildman–Crippen LogP) is 8.67. The van der Waals surface area contributed by atoms with Crippen molar-refractivity contribution in [3.05, 3.63) is 127 Å². The summed E-state index contributed by atoms with van der Waals surface area (Å²) in [7, 11) is 0. The SMILES string of the molecule is O=C(CCN1CCC2(c3ccc(Br)cc3)C(C(=O)c3ccc(Br)cc3)CN2c2ccccc21)c1ccc(Br)cc1. The van der Waals surface area contributed by atoms with Crippen molar-refractivity contribution in [3.8, 4) is 0 Å². The number of hydrogen-bond donors (Lipinski definition) is 0. The van der Waals surface area contributed by atoms with Gasteiger partial charge in [0.1, 0.15) is 0 Å². The third-order valence-corrected chi connectivity index (χ3v) is 9.85. The molecular weight excluding hydrogens is 696 g/mol. The maximum Gasteiger partial charge on any atom is 0.170 e. The Hall–Kier alpha value is -2.74. The minimum Gasteiger partial charge on any atom is -0.369 e. The van der Waals surface area contributed by atoms with Crippen molar-refractivity contribution in [2.24, 2.45) is 5.92 Å². The van der Waals surface area contributed by atoms with Crippen LogP contribution in [0.2, 0.25) is 0 Å². The molecule has 4 aromatic rings. The Morgan fingerprint density at radius 1 is 0.725 bits per heavy atom. The van der Waals surface area contributed by atoms with E-state index < -0.39 is 5.54 Å². The van der Waals surface area contributed by atoms with Crippen LogP contribution in [0.25, 0.3) is 0 Å². The van der Waals surface area contributed by atoms with E-state index in [9.17, 15) is 9.59 Å².